The van der Waals surface area contributed by atoms with Gasteiger partial charge in [-0.3, -0.25) is 0 Å². The summed E-state index contributed by atoms with van der Waals surface area (Å²) >= 11 is 0. The molecule has 0 aliphatic rings. The molecule has 0 aliphatic carbocycles. The van der Waals surface area contributed by atoms with E-state index in [9.17, 15) is 5.11 Å². The van der Waals surface area contributed by atoms with Gasteiger partial charge in [0, 0.05) is 5.92 Å². The van der Waals surface area contributed by atoms with E-state index >= 15 is 0 Å². The highest BCUT2D eigenvalue weighted by Gasteiger charge is 2.18. The second kappa shape index (κ2) is 5.95. The van der Waals surface area contributed by atoms with Gasteiger partial charge in [-0.25, -0.2) is 0 Å². The predicted molar refractivity (Wildman–Crippen MR) is 52.5 cm³/mol. The van der Waals surface area contributed by atoms with E-state index in [0.717, 1.165) is 0 Å². The second-order valence-electron chi connectivity index (χ2n) is 3.41. The van der Waals surface area contributed by atoms with E-state index < -0.39 is 0 Å². The molecule has 0 radical (unpaired) electrons. The molecule has 0 unspecified atom stereocenters. The Bertz CT molecular complexity index is 143. The Morgan fingerprint density at radius 2 is 2.08 bits per heavy atom. The fourth-order valence-corrected chi connectivity index (χ4v) is 1.32. The molecule has 0 saturated heterocycles. The quantitative estimate of drug-likeness (QED) is 0.465. The summed E-state index contributed by atoms with van der Waals surface area (Å²) in [7, 11) is 0. The molecular formula is C10H19NO. The summed E-state index contributed by atoms with van der Waals surface area (Å²) in [6.07, 6.45) is 4.11. The Labute approximate surface area is 74.8 Å². The third kappa shape index (κ3) is 3.67. The summed E-state index contributed by atoms with van der Waals surface area (Å²) in [5, 5.41) is 16.5. The lowest BCUT2D eigenvalue weighted by molar-refractivity contribution is 0.101. The van der Waals surface area contributed by atoms with E-state index in [0.29, 0.717) is 18.8 Å². The van der Waals surface area contributed by atoms with Crippen molar-refractivity contribution in [2.24, 2.45) is 11.8 Å². The van der Waals surface area contributed by atoms with Crippen molar-refractivity contribution in [3.05, 3.63) is 12.7 Å². The van der Waals surface area contributed by atoms with Crippen molar-refractivity contribution in [1.82, 2.24) is 0 Å². The number of hydrogen-bond donors (Lipinski definition) is 2. The fraction of sp³-hybridized carbons (Fsp3) is 0.700. The maximum Gasteiger partial charge on any atom is 0.0608 e. The van der Waals surface area contributed by atoms with Gasteiger partial charge in [-0.2, -0.15) is 0 Å². The number of hydrogen-bond acceptors (Lipinski definition) is 2. The highest BCUT2D eigenvalue weighted by molar-refractivity contribution is 5.52. The fourth-order valence-electron chi connectivity index (χ4n) is 1.32. The van der Waals surface area contributed by atoms with Crippen LogP contribution in [0.15, 0.2) is 12.7 Å². The van der Waals surface area contributed by atoms with E-state index in [1.54, 1.807) is 6.08 Å². The minimum absolute atomic E-state index is 0.157. The van der Waals surface area contributed by atoms with Crippen molar-refractivity contribution in [1.29, 1.82) is 5.41 Å². The molecule has 0 aromatic carbocycles. The smallest absolute Gasteiger partial charge is 0.0608 e. The van der Waals surface area contributed by atoms with E-state index in [-0.39, 0.29) is 12.0 Å². The average molecular weight is 169 g/mol. The molecule has 2 heteroatoms. The van der Waals surface area contributed by atoms with Gasteiger partial charge in [0.05, 0.1) is 6.10 Å². The van der Waals surface area contributed by atoms with Crippen LogP contribution in [0, 0.1) is 17.2 Å². The predicted octanol–water partition coefficient (Wildman–Crippen LogP) is 2.24. The normalized spacial score (nSPS) is 15.7. The molecule has 2 nitrogen and oxygen atoms in total. The maximum absolute atomic E-state index is 9.64. The summed E-state index contributed by atoms with van der Waals surface area (Å²) in [6, 6.07) is 0. The molecule has 0 fully saturated rings. The maximum atomic E-state index is 9.64. The molecule has 0 aromatic rings. The van der Waals surface area contributed by atoms with Crippen LogP contribution in [0.1, 0.15) is 26.7 Å². The molecule has 0 rings (SSSR count). The molecule has 0 heterocycles. The van der Waals surface area contributed by atoms with Gasteiger partial charge in [0.15, 0.2) is 0 Å². The van der Waals surface area contributed by atoms with Gasteiger partial charge >= 0.3 is 0 Å². The third-order valence-corrected chi connectivity index (χ3v) is 2.09. The summed E-state index contributed by atoms with van der Waals surface area (Å²) in [6.45, 7) is 7.83. The topological polar surface area (TPSA) is 44.1 Å². The Balaban J connectivity index is 3.92. The number of aliphatic hydroxyl groups excluding tert-OH is 1. The van der Waals surface area contributed by atoms with E-state index in [4.69, 9.17) is 5.41 Å². The van der Waals surface area contributed by atoms with Crippen LogP contribution in [0.4, 0.5) is 0 Å². The molecule has 0 amide bonds. The van der Waals surface area contributed by atoms with Gasteiger partial charge in [-0.05, 0) is 25.0 Å². The van der Waals surface area contributed by atoms with Crippen molar-refractivity contribution in [3.8, 4) is 0 Å². The highest BCUT2D eigenvalue weighted by atomic mass is 16.3. The van der Waals surface area contributed by atoms with Gasteiger partial charge in [0.2, 0.25) is 0 Å². The second-order valence-corrected chi connectivity index (χ2v) is 3.41. The molecule has 12 heavy (non-hydrogen) atoms. The van der Waals surface area contributed by atoms with Crippen molar-refractivity contribution in [3.63, 3.8) is 0 Å². The summed E-state index contributed by atoms with van der Waals surface area (Å²) in [5.41, 5.74) is 0. The first-order valence-corrected chi connectivity index (χ1v) is 4.43. The van der Waals surface area contributed by atoms with Crippen molar-refractivity contribution in [2.75, 3.05) is 0 Å². The molecule has 2 N–H and O–H groups in total. The highest BCUT2D eigenvalue weighted by Crippen LogP contribution is 2.19. The van der Waals surface area contributed by atoms with Crippen LogP contribution in [0.3, 0.4) is 0 Å². The monoisotopic (exact) mass is 169 g/mol. The molecule has 0 spiro atoms. The zero-order valence-electron chi connectivity index (χ0n) is 7.96. The van der Waals surface area contributed by atoms with Gasteiger partial charge < -0.3 is 10.5 Å². The Morgan fingerprint density at radius 3 is 2.42 bits per heavy atom. The average Bonchev–Trinajstić information content (AvgIpc) is 2.01. The van der Waals surface area contributed by atoms with Gasteiger partial charge in [0.25, 0.3) is 0 Å². The van der Waals surface area contributed by atoms with E-state index in [2.05, 4.69) is 20.4 Å². The van der Waals surface area contributed by atoms with Crippen LogP contribution in [-0.4, -0.2) is 17.4 Å². The SMILES string of the molecule is C=C[C@H](C(C)C)[C@H](O)CCC=N. The lowest BCUT2D eigenvalue weighted by Gasteiger charge is -2.22. The van der Waals surface area contributed by atoms with Gasteiger partial charge in [-0.15, -0.1) is 6.58 Å². The molecule has 0 aromatic heterocycles. The Kier molecular flexibility index (Phi) is 5.64. The molecule has 0 aliphatic heterocycles. The van der Waals surface area contributed by atoms with Gasteiger partial charge in [-0.1, -0.05) is 19.9 Å². The largest absolute Gasteiger partial charge is 0.392 e. The van der Waals surface area contributed by atoms with Crippen molar-refractivity contribution < 1.29 is 5.11 Å². The molecule has 70 valence electrons. The van der Waals surface area contributed by atoms with Crippen LogP contribution in [-0.2, 0) is 0 Å². The lowest BCUT2D eigenvalue weighted by atomic mass is 9.88. The molecule has 2 atom stereocenters. The number of rotatable bonds is 6. The zero-order valence-corrected chi connectivity index (χ0v) is 7.96. The Morgan fingerprint density at radius 1 is 1.50 bits per heavy atom. The van der Waals surface area contributed by atoms with E-state index in [1.807, 2.05) is 0 Å². The van der Waals surface area contributed by atoms with Crippen LogP contribution in [0.2, 0.25) is 0 Å². The standard InChI is InChI=1S/C10H19NO/c1-4-9(8(2)3)10(12)6-5-7-11/h4,7-12H,1,5-6H2,2-3H3/t9-,10-/m1/s1. The number of aliphatic hydroxyl groups is 1. The number of nitrogens with one attached hydrogen (secondary N) is 1. The minimum Gasteiger partial charge on any atom is -0.392 e. The van der Waals surface area contributed by atoms with Crippen LogP contribution >= 0.6 is 0 Å². The first-order valence-electron chi connectivity index (χ1n) is 4.43. The van der Waals surface area contributed by atoms with Crippen molar-refractivity contribution >= 4 is 6.21 Å². The zero-order chi connectivity index (χ0) is 9.56. The molecule has 0 bridgehead atoms. The van der Waals surface area contributed by atoms with Crippen LogP contribution < -0.4 is 0 Å². The van der Waals surface area contributed by atoms with Crippen LogP contribution in [0.25, 0.3) is 0 Å². The first kappa shape index (κ1) is 11.4. The van der Waals surface area contributed by atoms with E-state index in [1.165, 1.54) is 6.21 Å². The minimum atomic E-state index is -0.343. The van der Waals surface area contributed by atoms with Crippen LogP contribution in [0.5, 0.6) is 0 Å². The van der Waals surface area contributed by atoms with Gasteiger partial charge in [0.1, 0.15) is 0 Å². The summed E-state index contributed by atoms with van der Waals surface area (Å²) < 4.78 is 0. The first-order chi connectivity index (χ1) is 5.63. The third-order valence-electron chi connectivity index (χ3n) is 2.09. The Hall–Kier alpha value is -0.630. The lowest BCUT2D eigenvalue weighted by Crippen LogP contribution is -2.23. The molecular weight excluding hydrogens is 150 g/mol. The molecule has 0 saturated carbocycles. The van der Waals surface area contributed by atoms with Crippen molar-refractivity contribution in [2.45, 2.75) is 32.8 Å². The summed E-state index contributed by atoms with van der Waals surface area (Å²) in [5.74, 6) is 0.577. The summed E-state index contributed by atoms with van der Waals surface area (Å²) in [4.78, 5) is 0.